The van der Waals surface area contributed by atoms with Crippen LogP contribution in [0.5, 0.6) is 0 Å². The minimum absolute atomic E-state index is 0.185. The Morgan fingerprint density at radius 2 is 1.96 bits per heavy atom. The van der Waals surface area contributed by atoms with Crippen molar-refractivity contribution in [3.8, 4) is 0 Å². The van der Waals surface area contributed by atoms with Crippen LogP contribution in [0, 0.1) is 6.92 Å². The number of esters is 1. The summed E-state index contributed by atoms with van der Waals surface area (Å²) in [7, 11) is 1.42. The number of carbonyl (C=O) groups is 1. The maximum atomic E-state index is 11.9. The van der Waals surface area contributed by atoms with Crippen molar-refractivity contribution >= 4 is 22.6 Å². The second-order valence-electron chi connectivity index (χ2n) is 6.35. The lowest BCUT2D eigenvalue weighted by Crippen LogP contribution is -2.47. The van der Waals surface area contributed by atoms with Crippen LogP contribution in [0.1, 0.15) is 11.3 Å². The summed E-state index contributed by atoms with van der Waals surface area (Å²) >= 11 is 0. The highest BCUT2D eigenvalue weighted by molar-refractivity contribution is 5.95. The average molecular weight is 343 g/mol. The van der Waals surface area contributed by atoms with Gasteiger partial charge in [0.2, 0.25) is 0 Å². The topological polar surface area (TPSA) is 65.9 Å². The molecule has 2 aromatic rings. The number of β-amino-alcohol motifs (C(OH)–C–C–N with tert-alkyl or cyclic N) is 1. The van der Waals surface area contributed by atoms with E-state index < -0.39 is 0 Å². The molecule has 1 aliphatic rings. The summed E-state index contributed by atoms with van der Waals surface area (Å²) in [5.74, 6) is -0.250. The third-order valence-electron chi connectivity index (χ3n) is 4.82. The molecule has 1 saturated heterocycles. The van der Waals surface area contributed by atoms with E-state index in [1.807, 2.05) is 25.1 Å². The molecule has 1 aromatic carbocycles. The number of nitrogens with zero attached hydrogens (tertiary/aromatic N) is 3. The first-order chi connectivity index (χ1) is 12.1. The van der Waals surface area contributed by atoms with E-state index in [0.29, 0.717) is 6.54 Å². The normalized spacial score (nSPS) is 15.6. The molecule has 1 fully saturated rings. The van der Waals surface area contributed by atoms with Gasteiger partial charge in [-0.1, -0.05) is 18.2 Å². The molecule has 6 heteroatoms. The van der Waals surface area contributed by atoms with Crippen molar-refractivity contribution in [3.63, 3.8) is 0 Å². The number of aryl methyl sites for hydroxylation is 1. The van der Waals surface area contributed by atoms with Gasteiger partial charge in [0.15, 0.2) is 0 Å². The number of rotatable bonds is 5. The molecule has 2 heterocycles. The first kappa shape index (κ1) is 17.6. The van der Waals surface area contributed by atoms with Gasteiger partial charge >= 0.3 is 5.97 Å². The van der Waals surface area contributed by atoms with E-state index in [0.717, 1.165) is 54.0 Å². The van der Waals surface area contributed by atoms with Crippen molar-refractivity contribution in [1.82, 2.24) is 9.88 Å². The standard InChI is InChI=1S/C19H25N3O3/c1-14-16(13-18(24)25-2)19(15-5-3-4-6-17(15)20-14)22-9-7-21(8-10-22)11-12-23/h3-6,23H,7-13H2,1-2H3. The van der Waals surface area contributed by atoms with Gasteiger partial charge < -0.3 is 14.7 Å². The summed E-state index contributed by atoms with van der Waals surface area (Å²) in [6.45, 7) is 6.37. The number of anilines is 1. The number of ether oxygens (including phenoxy) is 1. The van der Waals surface area contributed by atoms with Crippen LogP contribution in [0.2, 0.25) is 0 Å². The van der Waals surface area contributed by atoms with Crippen LogP contribution in [0.25, 0.3) is 10.9 Å². The Labute approximate surface area is 148 Å². The molecule has 0 saturated carbocycles. The summed E-state index contributed by atoms with van der Waals surface area (Å²) in [5, 5.41) is 10.2. The number of aliphatic hydroxyl groups excluding tert-OH is 1. The van der Waals surface area contributed by atoms with Crippen LogP contribution in [-0.2, 0) is 16.0 Å². The molecule has 1 aromatic heterocycles. The fraction of sp³-hybridized carbons (Fsp3) is 0.474. The molecule has 0 aliphatic carbocycles. The van der Waals surface area contributed by atoms with Gasteiger partial charge in [-0.25, -0.2) is 0 Å². The highest BCUT2D eigenvalue weighted by Crippen LogP contribution is 2.33. The summed E-state index contributed by atoms with van der Waals surface area (Å²) < 4.78 is 4.89. The minimum Gasteiger partial charge on any atom is -0.469 e. The number of para-hydroxylation sites is 1. The van der Waals surface area contributed by atoms with E-state index in [9.17, 15) is 4.79 Å². The number of hydrogen-bond acceptors (Lipinski definition) is 6. The number of methoxy groups -OCH3 is 1. The number of aliphatic hydroxyl groups is 1. The zero-order valence-corrected chi connectivity index (χ0v) is 14.9. The number of benzene rings is 1. The van der Waals surface area contributed by atoms with E-state index in [-0.39, 0.29) is 19.0 Å². The Morgan fingerprint density at radius 1 is 1.24 bits per heavy atom. The molecular formula is C19H25N3O3. The Hall–Kier alpha value is -2.18. The maximum Gasteiger partial charge on any atom is 0.310 e. The van der Waals surface area contributed by atoms with E-state index in [1.165, 1.54) is 7.11 Å². The van der Waals surface area contributed by atoms with Crippen LogP contribution in [0.15, 0.2) is 24.3 Å². The average Bonchev–Trinajstić information content (AvgIpc) is 2.63. The number of fused-ring (bicyclic) bond motifs is 1. The van der Waals surface area contributed by atoms with Crippen LogP contribution in [0.4, 0.5) is 5.69 Å². The number of hydrogen-bond donors (Lipinski definition) is 1. The molecule has 1 N–H and O–H groups in total. The van der Waals surface area contributed by atoms with Crippen LogP contribution < -0.4 is 4.90 Å². The van der Waals surface area contributed by atoms with Crippen molar-refractivity contribution in [2.75, 3.05) is 51.3 Å². The van der Waals surface area contributed by atoms with E-state index in [2.05, 4.69) is 20.9 Å². The molecule has 0 bridgehead atoms. The fourth-order valence-electron chi connectivity index (χ4n) is 3.48. The predicted molar refractivity (Wildman–Crippen MR) is 97.9 cm³/mol. The molecule has 25 heavy (non-hydrogen) atoms. The molecule has 6 nitrogen and oxygen atoms in total. The highest BCUT2D eigenvalue weighted by Gasteiger charge is 2.24. The van der Waals surface area contributed by atoms with Crippen molar-refractivity contribution < 1.29 is 14.6 Å². The Bertz CT molecular complexity index is 755. The van der Waals surface area contributed by atoms with Gasteiger partial charge in [0.05, 0.1) is 31.3 Å². The highest BCUT2D eigenvalue weighted by atomic mass is 16.5. The third kappa shape index (κ3) is 3.75. The molecule has 134 valence electrons. The Balaban J connectivity index is 2.01. The predicted octanol–water partition coefficient (Wildman–Crippen LogP) is 1.37. The van der Waals surface area contributed by atoms with Crippen molar-refractivity contribution in [2.45, 2.75) is 13.3 Å². The Morgan fingerprint density at radius 3 is 2.64 bits per heavy atom. The van der Waals surface area contributed by atoms with Crippen LogP contribution in [0.3, 0.4) is 0 Å². The molecule has 0 unspecified atom stereocenters. The van der Waals surface area contributed by atoms with Crippen molar-refractivity contribution in [1.29, 1.82) is 0 Å². The van der Waals surface area contributed by atoms with Gasteiger partial charge in [0.25, 0.3) is 0 Å². The van der Waals surface area contributed by atoms with E-state index >= 15 is 0 Å². The summed E-state index contributed by atoms with van der Waals surface area (Å²) in [6, 6.07) is 8.07. The summed E-state index contributed by atoms with van der Waals surface area (Å²) in [4.78, 5) is 21.2. The zero-order valence-electron chi connectivity index (χ0n) is 14.9. The van der Waals surface area contributed by atoms with Crippen LogP contribution in [-0.4, -0.2) is 67.4 Å². The number of carbonyl (C=O) groups excluding carboxylic acids is 1. The van der Waals surface area contributed by atoms with Crippen molar-refractivity contribution in [2.24, 2.45) is 0 Å². The molecule has 0 atom stereocenters. The van der Waals surface area contributed by atoms with Gasteiger partial charge in [-0.05, 0) is 13.0 Å². The lowest BCUT2D eigenvalue weighted by molar-refractivity contribution is -0.139. The number of pyridine rings is 1. The number of piperazine rings is 1. The van der Waals surface area contributed by atoms with Gasteiger partial charge in [0.1, 0.15) is 0 Å². The zero-order chi connectivity index (χ0) is 17.8. The second-order valence-corrected chi connectivity index (χ2v) is 6.35. The molecule has 0 amide bonds. The maximum absolute atomic E-state index is 11.9. The van der Waals surface area contributed by atoms with E-state index in [4.69, 9.17) is 9.84 Å². The Kier molecular flexibility index (Phi) is 5.50. The minimum atomic E-state index is -0.250. The van der Waals surface area contributed by atoms with Gasteiger partial charge in [-0.15, -0.1) is 0 Å². The van der Waals surface area contributed by atoms with Gasteiger partial charge in [0, 0.05) is 49.4 Å². The first-order valence-corrected chi connectivity index (χ1v) is 8.67. The summed E-state index contributed by atoms with van der Waals surface area (Å²) in [6.07, 6.45) is 0.229. The SMILES string of the molecule is COC(=O)Cc1c(C)nc2ccccc2c1N1CCN(CCO)CC1. The molecule has 0 radical (unpaired) electrons. The molecule has 1 aliphatic heterocycles. The third-order valence-corrected chi connectivity index (χ3v) is 4.82. The number of aromatic nitrogens is 1. The van der Waals surface area contributed by atoms with Gasteiger partial charge in [-0.2, -0.15) is 0 Å². The summed E-state index contributed by atoms with van der Waals surface area (Å²) in [5.41, 5.74) is 3.86. The molecular weight excluding hydrogens is 318 g/mol. The quantitative estimate of drug-likeness (QED) is 0.828. The fourth-order valence-corrected chi connectivity index (χ4v) is 3.48. The van der Waals surface area contributed by atoms with E-state index in [1.54, 1.807) is 0 Å². The smallest absolute Gasteiger partial charge is 0.310 e. The van der Waals surface area contributed by atoms with Crippen LogP contribution >= 0.6 is 0 Å². The van der Waals surface area contributed by atoms with Gasteiger partial charge in [-0.3, -0.25) is 14.7 Å². The lowest BCUT2D eigenvalue weighted by Gasteiger charge is -2.37. The first-order valence-electron chi connectivity index (χ1n) is 8.67. The largest absolute Gasteiger partial charge is 0.469 e. The molecule has 3 rings (SSSR count). The second kappa shape index (κ2) is 7.80. The molecule has 0 spiro atoms. The monoisotopic (exact) mass is 343 g/mol. The lowest BCUT2D eigenvalue weighted by atomic mass is 10.0. The van der Waals surface area contributed by atoms with Crippen molar-refractivity contribution in [3.05, 3.63) is 35.5 Å².